The van der Waals surface area contributed by atoms with E-state index in [9.17, 15) is 4.79 Å². The van der Waals surface area contributed by atoms with Gasteiger partial charge in [0.15, 0.2) is 0 Å². The predicted molar refractivity (Wildman–Crippen MR) is 103 cm³/mol. The SMILES string of the molecule is CCOc1ccc2c(c1)CN(C(=O)c1cc(Cl)nc3ccccc13)CC2. The lowest BCUT2D eigenvalue weighted by atomic mass is 9.98. The van der Waals surface area contributed by atoms with Gasteiger partial charge in [-0.15, -0.1) is 0 Å². The third kappa shape index (κ3) is 3.13. The minimum atomic E-state index is -0.0158. The Morgan fingerprint density at radius 3 is 2.88 bits per heavy atom. The quantitative estimate of drug-likeness (QED) is 0.641. The molecule has 0 radical (unpaired) electrons. The lowest BCUT2D eigenvalue weighted by Gasteiger charge is -2.29. The molecule has 2 heterocycles. The summed E-state index contributed by atoms with van der Waals surface area (Å²) in [5.41, 5.74) is 3.75. The fourth-order valence-electron chi connectivity index (χ4n) is 3.45. The van der Waals surface area contributed by atoms with Crippen molar-refractivity contribution in [3.05, 3.63) is 70.4 Å². The maximum atomic E-state index is 13.2. The third-order valence-electron chi connectivity index (χ3n) is 4.70. The maximum absolute atomic E-state index is 13.2. The van der Waals surface area contributed by atoms with Gasteiger partial charge in [0.1, 0.15) is 10.9 Å². The van der Waals surface area contributed by atoms with Crippen molar-refractivity contribution in [2.45, 2.75) is 19.9 Å². The second kappa shape index (κ2) is 6.96. The van der Waals surface area contributed by atoms with Crippen LogP contribution in [0.25, 0.3) is 10.9 Å². The highest BCUT2D eigenvalue weighted by Crippen LogP contribution is 2.27. The van der Waals surface area contributed by atoms with Gasteiger partial charge in [-0.05, 0) is 48.7 Å². The molecule has 5 heteroatoms. The molecule has 4 rings (SSSR count). The molecular weight excluding hydrogens is 348 g/mol. The van der Waals surface area contributed by atoms with E-state index in [2.05, 4.69) is 11.1 Å². The van der Waals surface area contributed by atoms with Crippen LogP contribution in [0.3, 0.4) is 0 Å². The molecule has 1 aromatic heterocycles. The Kier molecular flexibility index (Phi) is 4.51. The molecule has 0 bridgehead atoms. The zero-order valence-corrected chi connectivity index (χ0v) is 15.3. The van der Waals surface area contributed by atoms with Gasteiger partial charge in [-0.1, -0.05) is 35.9 Å². The fraction of sp³-hybridized carbons (Fsp3) is 0.238. The Labute approximate surface area is 157 Å². The Morgan fingerprint density at radius 2 is 2.04 bits per heavy atom. The highest BCUT2D eigenvalue weighted by atomic mass is 35.5. The third-order valence-corrected chi connectivity index (χ3v) is 4.90. The number of nitrogens with zero attached hydrogens (tertiary/aromatic N) is 2. The van der Waals surface area contributed by atoms with Crippen molar-refractivity contribution in [3.63, 3.8) is 0 Å². The molecule has 132 valence electrons. The Morgan fingerprint density at radius 1 is 1.19 bits per heavy atom. The molecule has 0 fully saturated rings. The molecule has 1 amide bonds. The largest absolute Gasteiger partial charge is 0.494 e. The molecular formula is C21H19ClN2O2. The van der Waals surface area contributed by atoms with Crippen LogP contribution in [-0.2, 0) is 13.0 Å². The number of halogens is 1. The molecule has 3 aromatic rings. The van der Waals surface area contributed by atoms with E-state index in [1.165, 1.54) is 5.56 Å². The van der Waals surface area contributed by atoms with Crippen LogP contribution < -0.4 is 4.74 Å². The molecule has 0 spiro atoms. The minimum Gasteiger partial charge on any atom is -0.494 e. The van der Waals surface area contributed by atoms with Crippen LogP contribution in [0.1, 0.15) is 28.4 Å². The normalized spacial score (nSPS) is 13.5. The first-order valence-corrected chi connectivity index (χ1v) is 9.12. The van der Waals surface area contributed by atoms with Gasteiger partial charge in [0.2, 0.25) is 0 Å². The lowest BCUT2D eigenvalue weighted by Crippen LogP contribution is -2.36. The zero-order chi connectivity index (χ0) is 18.1. The highest BCUT2D eigenvalue weighted by molar-refractivity contribution is 6.30. The summed E-state index contributed by atoms with van der Waals surface area (Å²) in [6.07, 6.45) is 0.838. The second-order valence-corrected chi connectivity index (χ2v) is 6.74. The van der Waals surface area contributed by atoms with Crippen LogP contribution in [0.5, 0.6) is 5.75 Å². The monoisotopic (exact) mass is 366 g/mol. The predicted octanol–water partition coefficient (Wildman–Crippen LogP) is 4.49. The van der Waals surface area contributed by atoms with Gasteiger partial charge in [0, 0.05) is 18.5 Å². The number of hydrogen-bond acceptors (Lipinski definition) is 3. The number of hydrogen-bond donors (Lipinski definition) is 0. The van der Waals surface area contributed by atoms with E-state index in [0.29, 0.717) is 30.4 Å². The Balaban J connectivity index is 1.67. The van der Waals surface area contributed by atoms with E-state index in [1.54, 1.807) is 6.07 Å². The zero-order valence-electron chi connectivity index (χ0n) is 14.5. The molecule has 0 aliphatic carbocycles. The van der Waals surface area contributed by atoms with E-state index < -0.39 is 0 Å². The Bertz CT molecular complexity index is 987. The topological polar surface area (TPSA) is 42.4 Å². The summed E-state index contributed by atoms with van der Waals surface area (Å²) in [6, 6.07) is 15.4. The van der Waals surface area contributed by atoms with Crippen LogP contribution in [0.2, 0.25) is 5.15 Å². The van der Waals surface area contributed by atoms with Gasteiger partial charge in [0.25, 0.3) is 5.91 Å². The van der Waals surface area contributed by atoms with Crippen molar-refractivity contribution >= 4 is 28.4 Å². The van der Waals surface area contributed by atoms with Crippen molar-refractivity contribution in [2.75, 3.05) is 13.2 Å². The summed E-state index contributed by atoms with van der Waals surface area (Å²) >= 11 is 6.15. The summed E-state index contributed by atoms with van der Waals surface area (Å²) < 4.78 is 5.60. The lowest BCUT2D eigenvalue weighted by molar-refractivity contribution is 0.0736. The van der Waals surface area contributed by atoms with Crippen LogP contribution in [0.4, 0.5) is 0 Å². The van der Waals surface area contributed by atoms with Gasteiger partial charge in [-0.3, -0.25) is 4.79 Å². The van der Waals surface area contributed by atoms with E-state index in [4.69, 9.17) is 16.3 Å². The molecule has 2 aromatic carbocycles. The molecule has 1 aliphatic heterocycles. The molecule has 0 saturated heterocycles. The number of carbonyl (C=O) groups is 1. The van der Waals surface area contributed by atoms with Gasteiger partial charge in [-0.25, -0.2) is 4.98 Å². The Hall–Kier alpha value is -2.59. The highest BCUT2D eigenvalue weighted by Gasteiger charge is 2.24. The van der Waals surface area contributed by atoms with E-state index in [-0.39, 0.29) is 5.91 Å². The molecule has 0 saturated carbocycles. The van der Waals surface area contributed by atoms with Gasteiger partial charge >= 0.3 is 0 Å². The number of fused-ring (bicyclic) bond motifs is 2. The maximum Gasteiger partial charge on any atom is 0.254 e. The number of ether oxygens (including phenoxy) is 1. The van der Waals surface area contributed by atoms with Gasteiger partial charge < -0.3 is 9.64 Å². The number of amides is 1. The van der Waals surface area contributed by atoms with E-state index >= 15 is 0 Å². The minimum absolute atomic E-state index is 0.0158. The van der Waals surface area contributed by atoms with E-state index in [0.717, 1.165) is 28.6 Å². The summed E-state index contributed by atoms with van der Waals surface area (Å²) in [6.45, 7) is 3.86. The molecule has 0 N–H and O–H groups in total. The summed E-state index contributed by atoms with van der Waals surface area (Å²) in [5, 5.41) is 1.17. The number of benzene rings is 2. The van der Waals surface area contributed by atoms with Gasteiger partial charge in [0.05, 0.1) is 17.7 Å². The first kappa shape index (κ1) is 16.9. The second-order valence-electron chi connectivity index (χ2n) is 6.35. The summed E-state index contributed by atoms with van der Waals surface area (Å²) in [4.78, 5) is 19.4. The van der Waals surface area contributed by atoms with Crippen LogP contribution in [-0.4, -0.2) is 28.9 Å². The molecule has 26 heavy (non-hydrogen) atoms. The van der Waals surface area contributed by atoms with Crippen LogP contribution in [0, 0.1) is 0 Å². The molecule has 0 atom stereocenters. The van der Waals surface area contributed by atoms with Crippen molar-refractivity contribution in [3.8, 4) is 5.75 Å². The first-order valence-electron chi connectivity index (χ1n) is 8.75. The number of para-hydroxylation sites is 1. The summed E-state index contributed by atoms with van der Waals surface area (Å²) in [7, 11) is 0. The van der Waals surface area contributed by atoms with Crippen molar-refractivity contribution in [1.82, 2.24) is 9.88 Å². The van der Waals surface area contributed by atoms with Crippen LogP contribution >= 0.6 is 11.6 Å². The van der Waals surface area contributed by atoms with Crippen molar-refractivity contribution in [2.24, 2.45) is 0 Å². The average molecular weight is 367 g/mol. The van der Waals surface area contributed by atoms with Crippen LogP contribution in [0.15, 0.2) is 48.5 Å². The fourth-order valence-corrected chi connectivity index (χ4v) is 3.65. The van der Waals surface area contributed by atoms with Crippen molar-refractivity contribution < 1.29 is 9.53 Å². The van der Waals surface area contributed by atoms with Gasteiger partial charge in [-0.2, -0.15) is 0 Å². The number of rotatable bonds is 3. The number of carbonyl (C=O) groups excluding carboxylic acids is 1. The molecule has 1 aliphatic rings. The van der Waals surface area contributed by atoms with E-state index in [1.807, 2.05) is 48.2 Å². The first-order chi connectivity index (χ1) is 12.7. The van der Waals surface area contributed by atoms with Crippen molar-refractivity contribution in [1.29, 1.82) is 0 Å². The number of pyridine rings is 1. The standard InChI is InChI=1S/C21H19ClN2O2/c1-2-26-16-8-7-14-9-10-24(13-15(14)11-16)21(25)18-12-20(22)23-19-6-4-3-5-17(18)19/h3-8,11-12H,2,9-10,13H2,1H3. The molecule has 0 unspecified atom stereocenters. The smallest absolute Gasteiger partial charge is 0.254 e. The number of aromatic nitrogens is 1. The summed E-state index contributed by atoms with van der Waals surface area (Å²) in [5.74, 6) is 0.830. The average Bonchev–Trinajstić information content (AvgIpc) is 2.66. The molecule has 4 nitrogen and oxygen atoms in total.